The lowest BCUT2D eigenvalue weighted by molar-refractivity contribution is -0.243. The van der Waals surface area contributed by atoms with Crippen LogP contribution in [0.2, 0.25) is 0 Å². The van der Waals surface area contributed by atoms with E-state index >= 15 is 0 Å². The Morgan fingerprint density at radius 2 is 1.14 bits per heavy atom. The minimum Gasteiger partial charge on any atom is -0.216 e. The topological polar surface area (TPSA) is 34.1 Å². The second-order valence-corrected chi connectivity index (χ2v) is 4.56. The maximum Gasteiger partial charge on any atom is 0.469 e. The molecule has 0 unspecified atom stereocenters. The monoisotopic (exact) mass is 248 g/mol. The van der Waals surface area contributed by atoms with Gasteiger partial charge in [0.25, 0.3) is 9.84 Å². The Morgan fingerprint density at radius 1 is 0.857 bits per heavy atom. The Bertz CT molecular complexity index is 308. The van der Waals surface area contributed by atoms with Gasteiger partial charge in [-0.15, -0.1) is 0 Å². The zero-order chi connectivity index (χ0) is 12.0. The minimum absolute atomic E-state index is 0.554. The van der Waals surface area contributed by atoms with Crippen LogP contribution < -0.4 is 0 Å². The first-order valence-electron chi connectivity index (χ1n) is 2.81. The molecule has 2 nitrogen and oxygen atoms in total. The zero-order valence-corrected chi connectivity index (χ0v) is 7.19. The fraction of sp³-hybridized carbons (Fsp3) is 1.00. The van der Waals surface area contributed by atoms with Gasteiger partial charge in [0.2, 0.25) is 0 Å². The average molecular weight is 248 g/mol. The predicted octanol–water partition coefficient (Wildman–Crippen LogP) is 2.17. The van der Waals surface area contributed by atoms with Crippen LogP contribution in [0.1, 0.15) is 6.92 Å². The summed E-state index contributed by atoms with van der Waals surface area (Å²) in [5.41, 5.74) is 0. The highest BCUT2D eigenvalue weighted by atomic mass is 32.2. The lowest BCUT2D eigenvalue weighted by Crippen LogP contribution is -2.50. The van der Waals surface area contributed by atoms with Gasteiger partial charge in [0.1, 0.15) is 0 Å². The number of halogens is 7. The molecule has 0 bridgehead atoms. The van der Waals surface area contributed by atoms with Crippen LogP contribution in [-0.2, 0) is 9.84 Å². The summed E-state index contributed by atoms with van der Waals surface area (Å²) < 4.78 is 102. The van der Waals surface area contributed by atoms with Crippen LogP contribution >= 0.6 is 0 Å². The lowest BCUT2D eigenvalue weighted by Gasteiger charge is -2.22. The molecular weight excluding hydrogens is 245 g/mol. The molecule has 0 fully saturated rings. The molecule has 0 aliphatic heterocycles. The van der Waals surface area contributed by atoms with Crippen molar-refractivity contribution in [2.45, 2.75) is 23.6 Å². The standard InChI is InChI=1S/C4H3F7O2S/c1-2(5,6)14(12,13)4(10,11)3(7,8)9/h1H3. The number of hydrogen-bond donors (Lipinski definition) is 0. The normalized spacial score (nSPS) is 15.7. The first-order valence-corrected chi connectivity index (χ1v) is 4.30. The molecule has 10 heteroatoms. The molecule has 0 saturated heterocycles. The van der Waals surface area contributed by atoms with E-state index in [0.29, 0.717) is 0 Å². The Kier molecular flexibility index (Phi) is 2.86. The van der Waals surface area contributed by atoms with E-state index in [-0.39, 0.29) is 0 Å². The van der Waals surface area contributed by atoms with E-state index in [0.717, 1.165) is 0 Å². The molecule has 0 aromatic rings. The van der Waals surface area contributed by atoms with E-state index in [2.05, 4.69) is 0 Å². The molecule has 86 valence electrons. The third-order valence-electron chi connectivity index (χ3n) is 1.14. The molecule has 0 aromatic carbocycles. The Labute approximate surface area is 73.6 Å². The van der Waals surface area contributed by atoms with Gasteiger partial charge in [-0.05, 0) is 0 Å². The summed E-state index contributed by atoms with van der Waals surface area (Å²) in [6.45, 7) is -0.554. The van der Waals surface area contributed by atoms with Crippen LogP contribution in [0.15, 0.2) is 0 Å². The molecule has 0 N–H and O–H groups in total. The molecule has 0 spiro atoms. The van der Waals surface area contributed by atoms with Crippen LogP contribution in [0.25, 0.3) is 0 Å². The molecule has 0 radical (unpaired) electrons. The highest BCUT2D eigenvalue weighted by Crippen LogP contribution is 2.45. The van der Waals surface area contributed by atoms with Crippen molar-refractivity contribution in [2.75, 3.05) is 0 Å². The SMILES string of the molecule is CC(F)(F)S(=O)(=O)C(F)(F)C(F)(F)F. The predicted molar refractivity (Wildman–Crippen MR) is 30.5 cm³/mol. The van der Waals surface area contributed by atoms with Crippen molar-refractivity contribution < 1.29 is 39.2 Å². The second kappa shape index (κ2) is 2.97. The highest BCUT2D eigenvalue weighted by Gasteiger charge is 2.72. The van der Waals surface area contributed by atoms with Crippen molar-refractivity contribution in [2.24, 2.45) is 0 Å². The maximum atomic E-state index is 12.0. The quantitative estimate of drug-likeness (QED) is 0.702. The largest absolute Gasteiger partial charge is 0.469 e. The molecule has 0 saturated carbocycles. The van der Waals surface area contributed by atoms with E-state index in [1.807, 2.05) is 0 Å². The highest BCUT2D eigenvalue weighted by molar-refractivity contribution is 7.93. The Morgan fingerprint density at radius 3 is 1.21 bits per heavy atom. The van der Waals surface area contributed by atoms with Crippen molar-refractivity contribution in [1.29, 1.82) is 0 Å². The molecule has 0 aliphatic rings. The van der Waals surface area contributed by atoms with E-state index in [4.69, 9.17) is 0 Å². The van der Waals surface area contributed by atoms with Gasteiger partial charge in [-0.25, -0.2) is 8.42 Å². The van der Waals surface area contributed by atoms with Gasteiger partial charge in [0.15, 0.2) is 0 Å². The molecule has 0 heterocycles. The molecule has 0 rings (SSSR count). The zero-order valence-electron chi connectivity index (χ0n) is 6.37. The Balaban J connectivity index is 5.56. The van der Waals surface area contributed by atoms with E-state index in [1.54, 1.807) is 0 Å². The molecule has 0 amide bonds. The molecule has 0 aromatic heterocycles. The van der Waals surface area contributed by atoms with Gasteiger partial charge in [0.05, 0.1) is 0 Å². The summed E-state index contributed by atoms with van der Waals surface area (Å²) in [6.07, 6.45) is -6.56. The van der Waals surface area contributed by atoms with Crippen molar-refractivity contribution in [3.05, 3.63) is 0 Å². The third-order valence-corrected chi connectivity index (χ3v) is 2.99. The molecule has 14 heavy (non-hydrogen) atoms. The van der Waals surface area contributed by atoms with Gasteiger partial charge in [-0.3, -0.25) is 0 Å². The fourth-order valence-corrected chi connectivity index (χ4v) is 1.13. The number of hydrogen-bond acceptors (Lipinski definition) is 2. The minimum atomic E-state index is -6.93. The summed E-state index contributed by atoms with van der Waals surface area (Å²) >= 11 is 0. The van der Waals surface area contributed by atoms with Gasteiger partial charge >= 0.3 is 16.7 Å². The number of sulfone groups is 1. The van der Waals surface area contributed by atoms with Crippen molar-refractivity contribution in [1.82, 2.24) is 0 Å². The summed E-state index contributed by atoms with van der Waals surface area (Å²) in [4.78, 5) is 0. The molecular formula is C4H3F7O2S. The third kappa shape index (κ3) is 1.79. The Hall–Kier alpha value is -0.540. The number of rotatable bonds is 2. The lowest BCUT2D eigenvalue weighted by atomic mass is 10.7. The van der Waals surface area contributed by atoms with Crippen molar-refractivity contribution >= 4 is 9.84 Å². The molecule has 0 atom stereocenters. The van der Waals surface area contributed by atoms with Crippen LogP contribution in [0.3, 0.4) is 0 Å². The van der Waals surface area contributed by atoms with E-state index in [1.165, 1.54) is 0 Å². The first kappa shape index (κ1) is 13.5. The van der Waals surface area contributed by atoms with Gasteiger partial charge in [-0.1, -0.05) is 0 Å². The van der Waals surface area contributed by atoms with E-state index in [9.17, 15) is 39.2 Å². The number of alkyl halides is 7. The van der Waals surface area contributed by atoms with Crippen molar-refractivity contribution in [3.8, 4) is 0 Å². The van der Waals surface area contributed by atoms with Gasteiger partial charge in [-0.2, -0.15) is 30.7 Å². The van der Waals surface area contributed by atoms with Gasteiger partial charge < -0.3 is 0 Å². The summed E-state index contributed by atoms with van der Waals surface area (Å²) in [6, 6.07) is 0. The fourth-order valence-electron chi connectivity index (χ4n) is 0.377. The van der Waals surface area contributed by atoms with Crippen LogP contribution in [-0.4, -0.2) is 25.1 Å². The molecule has 0 aliphatic carbocycles. The summed E-state index contributed by atoms with van der Waals surface area (Å²) in [5, 5.41) is -11.6. The van der Waals surface area contributed by atoms with E-state index < -0.39 is 33.4 Å². The summed E-state index contributed by atoms with van der Waals surface area (Å²) in [7, 11) is -6.93. The second-order valence-electron chi connectivity index (χ2n) is 2.33. The van der Waals surface area contributed by atoms with Crippen LogP contribution in [0.4, 0.5) is 30.7 Å². The van der Waals surface area contributed by atoms with Crippen molar-refractivity contribution in [3.63, 3.8) is 0 Å². The van der Waals surface area contributed by atoms with Gasteiger partial charge in [0, 0.05) is 6.92 Å². The average Bonchev–Trinajstić information content (AvgIpc) is 1.81. The maximum absolute atomic E-state index is 12.0. The van der Waals surface area contributed by atoms with Crippen LogP contribution in [0, 0.1) is 0 Å². The van der Waals surface area contributed by atoms with Crippen LogP contribution in [0.5, 0.6) is 0 Å². The summed E-state index contributed by atoms with van der Waals surface area (Å²) in [5.74, 6) is 0. The smallest absolute Gasteiger partial charge is 0.216 e. The first-order chi connectivity index (χ1) is 5.75.